The minimum absolute atomic E-state index is 0.00936. The van der Waals surface area contributed by atoms with Gasteiger partial charge < -0.3 is 15.1 Å². The zero-order chi connectivity index (χ0) is 16.5. The summed E-state index contributed by atoms with van der Waals surface area (Å²) in [5.41, 5.74) is 0. The van der Waals surface area contributed by atoms with E-state index in [1.165, 1.54) is 4.88 Å². The Bertz CT molecular complexity index is 471. The summed E-state index contributed by atoms with van der Waals surface area (Å²) < 4.78 is 0. The number of hydrogen-bond donors (Lipinski definition) is 1. The molecule has 0 fully saturated rings. The van der Waals surface area contributed by atoms with E-state index < -0.39 is 0 Å². The summed E-state index contributed by atoms with van der Waals surface area (Å²) in [7, 11) is 5.52. The van der Waals surface area contributed by atoms with Crippen LogP contribution in [0.25, 0.3) is 0 Å². The molecule has 124 valence electrons. The first-order valence-corrected chi connectivity index (χ1v) is 8.56. The summed E-state index contributed by atoms with van der Waals surface area (Å²) in [6.07, 6.45) is 2.00. The van der Waals surface area contributed by atoms with E-state index in [-0.39, 0.29) is 12.5 Å². The second kappa shape index (κ2) is 9.46. The fourth-order valence-corrected chi connectivity index (χ4v) is 2.42. The predicted octanol–water partition coefficient (Wildman–Crippen LogP) is 2.05. The van der Waals surface area contributed by atoms with E-state index in [0.717, 1.165) is 25.3 Å². The van der Waals surface area contributed by atoms with Crippen molar-refractivity contribution in [2.75, 3.05) is 34.2 Å². The first-order chi connectivity index (χ1) is 10.4. The van der Waals surface area contributed by atoms with E-state index in [1.807, 2.05) is 7.05 Å². The maximum atomic E-state index is 11.7. The number of likely N-dealkylation sites (N-methyl/N-ethyl adjacent to an activating group) is 2. The molecule has 1 heterocycles. The molecule has 1 rings (SSSR count). The number of guanidine groups is 1. The molecule has 5 nitrogen and oxygen atoms in total. The molecule has 1 unspecified atom stereocenters. The predicted molar refractivity (Wildman–Crippen MR) is 94.5 cm³/mol. The van der Waals surface area contributed by atoms with Crippen molar-refractivity contribution in [1.29, 1.82) is 0 Å². The van der Waals surface area contributed by atoms with Gasteiger partial charge in [0.15, 0.2) is 5.96 Å². The van der Waals surface area contributed by atoms with Crippen LogP contribution in [0, 0.1) is 0 Å². The van der Waals surface area contributed by atoms with E-state index in [4.69, 9.17) is 0 Å². The lowest BCUT2D eigenvalue weighted by Crippen LogP contribution is -2.44. The maximum absolute atomic E-state index is 11.7. The van der Waals surface area contributed by atoms with Gasteiger partial charge in [0, 0.05) is 38.6 Å². The molecule has 1 aromatic rings. The molecule has 0 saturated heterocycles. The van der Waals surface area contributed by atoms with Crippen molar-refractivity contribution >= 4 is 23.2 Å². The van der Waals surface area contributed by atoms with Crippen LogP contribution in [0.2, 0.25) is 0 Å². The van der Waals surface area contributed by atoms with Crippen LogP contribution in [0.15, 0.2) is 22.5 Å². The molecule has 1 aromatic heterocycles. The van der Waals surface area contributed by atoms with Gasteiger partial charge in [-0.05, 0) is 31.2 Å². The van der Waals surface area contributed by atoms with Crippen molar-refractivity contribution in [2.45, 2.75) is 32.7 Å². The Labute approximate surface area is 138 Å². The van der Waals surface area contributed by atoms with Crippen LogP contribution in [0.4, 0.5) is 0 Å². The molecule has 0 aliphatic heterocycles. The normalized spacial score (nSPS) is 12.9. The topological polar surface area (TPSA) is 47.9 Å². The van der Waals surface area contributed by atoms with Gasteiger partial charge in [0.25, 0.3) is 0 Å². The van der Waals surface area contributed by atoms with Crippen molar-refractivity contribution in [2.24, 2.45) is 4.99 Å². The zero-order valence-electron chi connectivity index (χ0n) is 14.3. The fourth-order valence-electron chi connectivity index (χ4n) is 1.72. The van der Waals surface area contributed by atoms with E-state index in [9.17, 15) is 4.79 Å². The number of carbonyl (C=O) groups is 1. The summed E-state index contributed by atoms with van der Waals surface area (Å²) in [5.74, 6) is 0.802. The molecule has 0 aliphatic carbocycles. The quantitative estimate of drug-likeness (QED) is 0.617. The lowest BCUT2D eigenvalue weighted by atomic mass is 10.2. The average Bonchev–Trinajstić information content (AvgIpc) is 3.01. The van der Waals surface area contributed by atoms with Crippen molar-refractivity contribution in [3.8, 4) is 0 Å². The Morgan fingerprint density at radius 1 is 1.41 bits per heavy atom. The first-order valence-electron chi connectivity index (χ1n) is 7.68. The van der Waals surface area contributed by atoms with Crippen molar-refractivity contribution in [1.82, 2.24) is 15.1 Å². The molecule has 22 heavy (non-hydrogen) atoms. The minimum atomic E-state index is 0.00936. The first kappa shape index (κ1) is 18.5. The van der Waals surface area contributed by atoms with Crippen LogP contribution in [-0.2, 0) is 11.2 Å². The number of hydrogen-bond acceptors (Lipinski definition) is 3. The third kappa shape index (κ3) is 6.47. The highest BCUT2D eigenvalue weighted by Crippen LogP contribution is 2.09. The van der Waals surface area contributed by atoms with Gasteiger partial charge in [-0.1, -0.05) is 13.0 Å². The van der Waals surface area contributed by atoms with E-state index >= 15 is 0 Å². The summed E-state index contributed by atoms with van der Waals surface area (Å²) in [5, 5.41) is 5.49. The Hall–Kier alpha value is -1.56. The smallest absolute Gasteiger partial charge is 0.243 e. The van der Waals surface area contributed by atoms with Crippen LogP contribution < -0.4 is 5.32 Å². The van der Waals surface area contributed by atoms with Crippen LogP contribution in [0.1, 0.15) is 25.1 Å². The summed E-state index contributed by atoms with van der Waals surface area (Å²) >= 11 is 1.77. The highest BCUT2D eigenvalue weighted by molar-refractivity contribution is 7.09. The molecule has 0 saturated carbocycles. The van der Waals surface area contributed by atoms with Crippen molar-refractivity contribution in [3.63, 3.8) is 0 Å². The highest BCUT2D eigenvalue weighted by Gasteiger charge is 2.11. The molecule has 0 radical (unpaired) electrons. The molecule has 0 aliphatic rings. The number of carbonyl (C=O) groups excluding carboxylic acids is 1. The van der Waals surface area contributed by atoms with Crippen LogP contribution >= 0.6 is 11.3 Å². The molecular formula is C16H28N4OS. The Kier molecular flexibility index (Phi) is 7.95. The Morgan fingerprint density at radius 3 is 2.68 bits per heavy atom. The summed E-state index contributed by atoms with van der Waals surface area (Å²) in [6, 6.07) is 4.55. The number of amides is 1. The molecule has 0 spiro atoms. The molecule has 6 heteroatoms. The third-order valence-electron chi connectivity index (χ3n) is 3.49. The number of rotatable bonds is 7. The lowest BCUT2D eigenvalue weighted by Gasteiger charge is -2.25. The van der Waals surface area contributed by atoms with Gasteiger partial charge in [-0.25, -0.2) is 4.99 Å². The van der Waals surface area contributed by atoms with Crippen LogP contribution in [0.3, 0.4) is 0 Å². The molecule has 1 N–H and O–H groups in total. The summed E-state index contributed by atoms with van der Waals surface area (Å²) in [6.45, 7) is 5.30. The molecule has 0 bridgehead atoms. The van der Waals surface area contributed by atoms with Crippen molar-refractivity contribution in [3.05, 3.63) is 22.4 Å². The molecular weight excluding hydrogens is 296 g/mol. The van der Waals surface area contributed by atoms with Crippen LogP contribution in [-0.4, -0.2) is 61.9 Å². The zero-order valence-corrected chi connectivity index (χ0v) is 15.1. The highest BCUT2D eigenvalue weighted by atomic mass is 32.1. The second-order valence-corrected chi connectivity index (χ2v) is 6.66. The third-order valence-corrected chi connectivity index (χ3v) is 4.42. The van der Waals surface area contributed by atoms with E-state index in [1.54, 1.807) is 30.3 Å². The SMILES string of the molecule is CCC(C)NC(=NCC(=O)N(C)C)N(C)CCc1cccs1. The standard InChI is InChI=1S/C16H28N4OS/c1-6-13(2)18-16(17-12-15(21)19(3)4)20(5)10-9-14-8-7-11-22-14/h7-8,11,13H,6,9-10,12H2,1-5H3,(H,17,18). The molecule has 1 atom stereocenters. The monoisotopic (exact) mass is 324 g/mol. The lowest BCUT2D eigenvalue weighted by molar-refractivity contribution is -0.127. The number of nitrogens with one attached hydrogen (secondary N) is 1. The van der Waals surface area contributed by atoms with Gasteiger partial charge in [0.2, 0.25) is 5.91 Å². The van der Waals surface area contributed by atoms with Gasteiger partial charge in [0.1, 0.15) is 6.54 Å². The van der Waals surface area contributed by atoms with Gasteiger partial charge >= 0.3 is 0 Å². The Balaban J connectivity index is 2.66. The number of aliphatic imine (C=N–C) groups is 1. The molecule has 0 aromatic carbocycles. The summed E-state index contributed by atoms with van der Waals surface area (Å²) in [4.78, 5) is 21.2. The second-order valence-electron chi connectivity index (χ2n) is 5.63. The average molecular weight is 324 g/mol. The van der Waals surface area contributed by atoms with Gasteiger partial charge in [-0.2, -0.15) is 0 Å². The maximum Gasteiger partial charge on any atom is 0.243 e. The minimum Gasteiger partial charge on any atom is -0.354 e. The van der Waals surface area contributed by atoms with Crippen molar-refractivity contribution < 1.29 is 4.79 Å². The number of thiophene rings is 1. The van der Waals surface area contributed by atoms with Gasteiger partial charge in [-0.3, -0.25) is 4.79 Å². The molecule has 1 amide bonds. The van der Waals surface area contributed by atoms with Crippen LogP contribution in [0.5, 0.6) is 0 Å². The fraction of sp³-hybridized carbons (Fsp3) is 0.625. The van der Waals surface area contributed by atoms with Gasteiger partial charge in [0.05, 0.1) is 0 Å². The number of nitrogens with zero attached hydrogens (tertiary/aromatic N) is 3. The van der Waals surface area contributed by atoms with E-state index in [2.05, 4.69) is 46.6 Å². The van der Waals surface area contributed by atoms with Gasteiger partial charge in [-0.15, -0.1) is 11.3 Å². The largest absolute Gasteiger partial charge is 0.354 e. The Morgan fingerprint density at radius 2 is 2.14 bits per heavy atom. The van der Waals surface area contributed by atoms with E-state index in [0.29, 0.717) is 6.04 Å².